The van der Waals surface area contributed by atoms with Gasteiger partial charge < -0.3 is 4.74 Å². The molecule has 7 heteroatoms. The highest BCUT2D eigenvalue weighted by molar-refractivity contribution is 5.82. The number of imidazole rings is 1. The predicted molar refractivity (Wildman–Crippen MR) is 108 cm³/mol. The van der Waals surface area contributed by atoms with E-state index in [0.29, 0.717) is 0 Å². The molecule has 0 atom stereocenters. The van der Waals surface area contributed by atoms with E-state index in [0.717, 1.165) is 66.7 Å². The molecule has 1 aliphatic heterocycles. The second-order valence-electron chi connectivity index (χ2n) is 7.04. The standard InChI is InChI=1S/C22H20FN5O/c23-17-2-5-19(6-3-17)28-21-14-24-8-7-20(21)26-22(28)16-1-4-18(25-13-16)15-27-9-11-29-12-10-27/h1-8,13-14H,9-12,15H2. The van der Waals surface area contributed by atoms with Gasteiger partial charge in [0.05, 0.1) is 36.1 Å². The predicted octanol–water partition coefficient (Wildman–Crippen LogP) is 3.45. The zero-order chi connectivity index (χ0) is 19.6. The van der Waals surface area contributed by atoms with Crippen molar-refractivity contribution in [2.45, 2.75) is 6.54 Å². The van der Waals surface area contributed by atoms with Gasteiger partial charge in [0.1, 0.15) is 11.6 Å². The van der Waals surface area contributed by atoms with Crippen molar-refractivity contribution in [2.75, 3.05) is 26.3 Å². The molecule has 1 fully saturated rings. The number of morpholine rings is 1. The summed E-state index contributed by atoms with van der Waals surface area (Å²) in [6.07, 6.45) is 5.34. The number of aromatic nitrogens is 4. The lowest BCUT2D eigenvalue weighted by atomic mass is 10.2. The molecule has 0 radical (unpaired) electrons. The Kier molecular flexibility index (Phi) is 4.75. The lowest BCUT2D eigenvalue weighted by Crippen LogP contribution is -2.35. The van der Waals surface area contributed by atoms with E-state index in [1.165, 1.54) is 12.1 Å². The van der Waals surface area contributed by atoms with Crippen molar-refractivity contribution in [3.8, 4) is 17.1 Å². The van der Waals surface area contributed by atoms with Gasteiger partial charge in [-0.05, 0) is 42.5 Å². The molecule has 3 aromatic heterocycles. The SMILES string of the molecule is Fc1ccc(-n2c(-c3ccc(CN4CCOCC4)nc3)nc3ccncc32)cc1. The Balaban J connectivity index is 1.52. The number of nitrogens with zero attached hydrogens (tertiary/aromatic N) is 5. The van der Waals surface area contributed by atoms with Crippen molar-refractivity contribution >= 4 is 11.0 Å². The lowest BCUT2D eigenvalue weighted by Gasteiger charge is -2.26. The van der Waals surface area contributed by atoms with Gasteiger partial charge in [0.15, 0.2) is 0 Å². The van der Waals surface area contributed by atoms with Gasteiger partial charge in [-0.15, -0.1) is 0 Å². The molecule has 0 N–H and O–H groups in total. The summed E-state index contributed by atoms with van der Waals surface area (Å²) < 4.78 is 20.8. The molecular weight excluding hydrogens is 369 g/mol. The largest absolute Gasteiger partial charge is 0.379 e. The average molecular weight is 389 g/mol. The molecule has 0 amide bonds. The third-order valence-electron chi connectivity index (χ3n) is 5.11. The van der Waals surface area contributed by atoms with Crippen LogP contribution >= 0.6 is 0 Å². The van der Waals surface area contributed by atoms with Gasteiger partial charge in [0, 0.05) is 43.3 Å². The van der Waals surface area contributed by atoms with E-state index >= 15 is 0 Å². The quantitative estimate of drug-likeness (QED) is 0.535. The summed E-state index contributed by atoms with van der Waals surface area (Å²) in [5.41, 5.74) is 4.44. The van der Waals surface area contributed by atoms with Gasteiger partial charge in [0.2, 0.25) is 0 Å². The fourth-order valence-corrected chi connectivity index (χ4v) is 3.61. The van der Waals surface area contributed by atoms with Crippen LogP contribution in [0.15, 0.2) is 61.1 Å². The van der Waals surface area contributed by atoms with Gasteiger partial charge in [-0.2, -0.15) is 0 Å². The summed E-state index contributed by atoms with van der Waals surface area (Å²) in [7, 11) is 0. The molecular formula is C22H20FN5O. The monoisotopic (exact) mass is 389 g/mol. The maximum absolute atomic E-state index is 13.4. The van der Waals surface area contributed by atoms with Gasteiger partial charge in [-0.3, -0.25) is 19.4 Å². The third-order valence-corrected chi connectivity index (χ3v) is 5.11. The third kappa shape index (κ3) is 3.62. The first-order chi connectivity index (χ1) is 14.3. The van der Waals surface area contributed by atoms with Crippen LogP contribution in [0.5, 0.6) is 0 Å². The molecule has 4 heterocycles. The summed E-state index contributed by atoms with van der Waals surface area (Å²) in [5, 5.41) is 0. The number of halogens is 1. The summed E-state index contributed by atoms with van der Waals surface area (Å²) in [6, 6.07) is 12.3. The molecule has 1 saturated heterocycles. The fourth-order valence-electron chi connectivity index (χ4n) is 3.61. The van der Waals surface area contributed by atoms with Crippen LogP contribution in [-0.2, 0) is 11.3 Å². The Bertz CT molecular complexity index is 1120. The van der Waals surface area contributed by atoms with Crippen LogP contribution < -0.4 is 0 Å². The van der Waals surface area contributed by atoms with Crippen molar-refractivity contribution in [3.63, 3.8) is 0 Å². The van der Waals surface area contributed by atoms with E-state index in [2.05, 4.69) is 14.9 Å². The van der Waals surface area contributed by atoms with E-state index in [-0.39, 0.29) is 5.82 Å². The lowest BCUT2D eigenvalue weighted by molar-refractivity contribution is 0.0336. The fraction of sp³-hybridized carbons (Fsp3) is 0.227. The van der Waals surface area contributed by atoms with Crippen LogP contribution in [0.4, 0.5) is 4.39 Å². The number of rotatable bonds is 4. The zero-order valence-corrected chi connectivity index (χ0v) is 15.8. The average Bonchev–Trinajstić information content (AvgIpc) is 3.15. The maximum Gasteiger partial charge on any atom is 0.147 e. The number of hydrogen-bond acceptors (Lipinski definition) is 5. The van der Waals surface area contributed by atoms with Crippen molar-refractivity contribution in [1.29, 1.82) is 0 Å². The van der Waals surface area contributed by atoms with E-state index < -0.39 is 0 Å². The summed E-state index contributed by atoms with van der Waals surface area (Å²) >= 11 is 0. The molecule has 0 bridgehead atoms. The Labute approximate surface area is 167 Å². The number of fused-ring (bicyclic) bond motifs is 1. The smallest absolute Gasteiger partial charge is 0.147 e. The molecule has 0 unspecified atom stereocenters. The van der Waals surface area contributed by atoms with Crippen molar-refractivity contribution in [1.82, 2.24) is 24.4 Å². The topological polar surface area (TPSA) is 56.1 Å². The van der Waals surface area contributed by atoms with E-state index in [1.807, 2.05) is 29.0 Å². The van der Waals surface area contributed by atoms with Crippen LogP contribution in [0.25, 0.3) is 28.1 Å². The Morgan fingerprint density at radius 2 is 1.79 bits per heavy atom. The number of benzene rings is 1. The van der Waals surface area contributed by atoms with Crippen molar-refractivity contribution in [3.05, 3.63) is 72.6 Å². The molecule has 1 aliphatic rings. The Hall–Kier alpha value is -3.16. The normalized spacial score (nSPS) is 15.1. The Morgan fingerprint density at radius 3 is 2.55 bits per heavy atom. The molecule has 146 valence electrons. The van der Waals surface area contributed by atoms with Crippen LogP contribution in [0.2, 0.25) is 0 Å². The molecule has 0 spiro atoms. The van der Waals surface area contributed by atoms with Crippen molar-refractivity contribution in [2.24, 2.45) is 0 Å². The van der Waals surface area contributed by atoms with Crippen LogP contribution in [0, 0.1) is 5.82 Å². The first-order valence-corrected chi connectivity index (χ1v) is 9.62. The molecule has 1 aromatic carbocycles. The zero-order valence-electron chi connectivity index (χ0n) is 15.8. The van der Waals surface area contributed by atoms with Crippen molar-refractivity contribution < 1.29 is 9.13 Å². The highest BCUT2D eigenvalue weighted by Gasteiger charge is 2.16. The molecule has 0 saturated carbocycles. The first kappa shape index (κ1) is 17.9. The van der Waals surface area contributed by atoms with Crippen LogP contribution in [-0.4, -0.2) is 50.7 Å². The minimum Gasteiger partial charge on any atom is -0.379 e. The van der Waals surface area contributed by atoms with Gasteiger partial charge in [-0.25, -0.2) is 9.37 Å². The first-order valence-electron chi connectivity index (χ1n) is 9.62. The van der Waals surface area contributed by atoms with E-state index in [9.17, 15) is 4.39 Å². The molecule has 6 nitrogen and oxygen atoms in total. The van der Waals surface area contributed by atoms with Gasteiger partial charge in [-0.1, -0.05) is 0 Å². The Morgan fingerprint density at radius 1 is 0.966 bits per heavy atom. The molecule has 5 rings (SSSR count). The van der Waals surface area contributed by atoms with E-state index in [4.69, 9.17) is 9.72 Å². The number of ether oxygens (including phenoxy) is 1. The maximum atomic E-state index is 13.4. The second-order valence-corrected chi connectivity index (χ2v) is 7.04. The van der Waals surface area contributed by atoms with Crippen LogP contribution in [0.1, 0.15) is 5.69 Å². The van der Waals surface area contributed by atoms with Gasteiger partial charge >= 0.3 is 0 Å². The number of hydrogen-bond donors (Lipinski definition) is 0. The molecule has 29 heavy (non-hydrogen) atoms. The van der Waals surface area contributed by atoms with E-state index in [1.54, 1.807) is 24.5 Å². The van der Waals surface area contributed by atoms with Crippen LogP contribution in [0.3, 0.4) is 0 Å². The highest BCUT2D eigenvalue weighted by atomic mass is 19.1. The minimum atomic E-state index is -0.271. The summed E-state index contributed by atoms with van der Waals surface area (Å²) in [5.74, 6) is 0.483. The summed E-state index contributed by atoms with van der Waals surface area (Å²) in [4.78, 5) is 16.0. The second kappa shape index (κ2) is 7.69. The minimum absolute atomic E-state index is 0.271. The number of pyridine rings is 2. The molecule has 0 aliphatic carbocycles. The summed E-state index contributed by atoms with van der Waals surface area (Å²) in [6.45, 7) is 4.21. The van der Waals surface area contributed by atoms with Gasteiger partial charge in [0.25, 0.3) is 0 Å². The highest BCUT2D eigenvalue weighted by Crippen LogP contribution is 2.28. The molecule has 4 aromatic rings.